The molecule has 0 aliphatic carbocycles. The van der Waals surface area contributed by atoms with Crippen molar-refractivity contribution in [1.29, 1.82) is 0 Å². The molecule has 1 fully saturated rings. The van der Waals surface area contributed by atoms with Gasteiger partial charge in [-0.3, -0.25) is 10.1 Å². The lowest BCUT2D eigenvalue weighted by Gasteiger charge is -2.18. The standard InChI is InChI=1S/C23H26N2O2/c1-2-24-20(26)16-10-5-11-17-21-25-22(18-12-6-3-7-13-18)23(27-21)19-14-8-4-9-15-19/h3-15,17,21-23,25H,2,16H2,1H3,(H,24,26)/b10-5-,17-11+. The van der Waals surface area contributed by atoms with E-state index < -0.39 is 0 Å². The quantitative estimate of drug-likeness (QED) is 0.731. The van der Waals surface area contributed by atoms with Gasteiger partial charge in [0.05, 0.1) is 6.04 Å². The first kappa shape index (κ1) is 19.1. The Labute approximate surface area is 160 Å². The zero-order valence-electron chi connectivity index (χ0n) is 15.5. The summed E-state index contributed by atoms with van der Waals surface area (Å²) in [5.74, 6) is 0.0330. The molecule has 1 heterocycles. The Balaban J connectivity index is 1.67. The van der Waals surface area contributed by atoms with Gasteiger partial charge in [0.1, 0.15) is 12.3 Å². The summed E-state index contributed by atoms with van der Waals surface area (Å²) in [5, 5.41) is 6.33. The van der Waals surface area contributed by atoms with Gasteiger partial charge in [-0.25, -0.2) is 0 Å². The van der Waals surface area contributed by atoms with Crippen LogP contribution in [0.5, 0.6) is 0 Å². The molecular formula is C23H26N2O2. The van der Waals surface area contributed by atoms with Crippen LogP contribution in [-0.4, -0.2) is 18.7 Å². The molecule has 1 aliphatic rings. The van der Waals surface area contributed by atoms with Crippen molar-refractivity contribution in [2.24, 2.45) is 0 Å². The van der Waals surface area contributed by atoms with E-state index in [9.17, 15) is 4.79 Å². The lowest BCUT2D eigenvalue weighted by molar-refractivity contribution is -0.120. The van der Waals surface area contributed by atoms with Gasteiger partial charge in [0.25, 0.3) is 0 Å². The smallest absolute Gasteiger partial charge is 0.223 e. The predicted octanol–water partition coefficient (Wildman–Crippen LogP) is 4.05. The van der Waals surface area contributed by atoms with Gasteiger partial charge in [-0.15, -0.1) is 0 Å². The molecule has 2 aromatic rings. The van der Waals surface area contributed by atoms with E-state index in [1.54, 1.807) is 0 Å². The number of benzene rings is 2. The third-order valence-electron chi connectivity index (χ3n) is 4.44. The molecule has 1 saturated heterocycles. The molecule has 0 aromatic heterocycles. The van der Waals surface area contributed by atoms with Crippen LogP contribution in [0.3, 0.4) is 0 Å². The first-order chi connectivity index (χ1) is 13.3. The van der Waals surface area contributed by atoms with Crippen molar-refractivity contribution in [1.82, 2.24) is 10.6 Å². The molecule has 2 N–H and O–H groups in total. The maximum atomic E-state index is 11.4. The molecule has 0 spiro atoms. The molecule has 1 aliphatic heterocycles. The topological polar surface area (TPSA) is 50.4 Å². The van der Waals surface area contributed by atoms with Crippen molar-refractivity contribution < 1.29 is 9.53 Å². The van der Waals surface area contributed by atoms with Crippen LogP contribution in [0, 0.1) is 0 Å². The number of hydrogen-bond donors (Lipinski definition) is 2. The summed E-state index contributed by atoms with van der Waals surface area (Å²) in [6.07, 6.45) is 7.78. The monoisotopic (exact) mass is 362 g/mol. The van der Waals surface area contributed by atoms with Gasteiger partial charge in [0, 0.05) is 13.0 Å². The van der Waals surface area contributed by atoms with Crippen LogP contribution in [-0.2, 0) is 9.53 Å². The van der Waals surface area contributed by atoms with Gasteiger partial charge in [0.2, 0.25) is 5.91 Å². The average molecular weight is 362 g/mol. The van der Waals surface area contributed by atoms with E-state index in [2.05, 4.69) is 34.9 Å². The predicted molar refractivity (Wildman–Crippen MR) is 108 cm³/mol. The van der Waals surface area contributed by atoms with Gasteiger partial charge < -0.3 is 10.1 Å². The lowest BCUT2D eigenvalue weighted by atomic mass is 9.97. The fourth-order valence-corrected chi connectivity index (χ4v) is 3.17. The summed E-state index contributed by atoms with van der Waals surface area (Å²) in [7, 11) is 0. The normalized spacial score (nSPS) is 22.5. The lowest BCUT2D eigenvalue weighted by Crippen LogP contribution is -2.23. The molecule has 0 radical (unpaired) electrons. The summed E-state index contributed by atoms with van der Waals surface area (Å²) < 4.78 is 6.27. The number of hydrogen-bond acceptors (Lipinski definition) is 3. The van der Waals surface area contributed by atoms with E-state index in [-0.39, 0.29) is 24.3 Å². The Morgan fingerprint density at radius 1 is 1.04 bits per heavy atom. The van der Waals surface area contributed by atoms with Crippen molar-refractivity contribution in [3.8, 4) is 0 Å². The second-order valence-electron chi connectivity index (χ2n) is 6.41. The van der Waals surface area contributed by atoms with Gasteiger partial charge >= 0.3 is 0 Å². The van der Waals surface area contributed by atoms with Crippen molar-refractivity contribution >= 4 is 5.91 Å². The molecule has 1 amide bonds. The zero-order chi connectivity index (χ0) is 18.9. The number of carbonyl (C=O) groups excluding carboxylic acids is 1. The summed E-state index contributed by atoms with van der Waals surface area (Å²) in [5.41, 5.74) is 2.36. The molecule has 3 rings (SSSR count). The summed E-state index contributed by atoms with van der Waals surface area (Å²) in [6.45, 7) is 2.57. The van der Waals surface area contributed by atoms with Gasteiger partial charge in [-0.1, -0.05) is 78.9 Å². The first-order valence-corrected chi connectivity index (χ1v) is 9.39. The van der Waals surface area contributed by atoms with Gasteiger partial charge in [-0.05, 0) is 24.1 Å². The largest absolute Gasteiger partial charge is 0.356 e. The molecule has 3 unspecified atom stereocenters. The van der Waals surface area contributed by atoms with Crippen molar-refractivity contribution in [3.63, 3.8) is 0 Å². The second-order valence-corrected chi connectivity index (χ2v) is 6.41. The molecule has 4 nitrogen and oxygen atoms in total. The number of ether oxygens (including phenoxy) is 1. The minimum atomic E-state index is -0.186. The third kappa shape index (κ3) is 5.39. The molecule has 0 saturated carbocycles. The maximum absolute atomic E-state index is 11.4. The van der Waals surface area contributed by atoms with Crippen LogP contribution in [0.2, 0.25) is 0 Å². The van der Waals surface area contributed by atoms with E-state index in [1.165, 1.54) is 5.56 Å². The Hall–Kier alpha value is -2.69. The van der Waals surface area contributed by atoms with E-state index in [4.69, 9.17) is 4.74 Å². The number of nitrogens with one attached hydrogen (secondary N) is 2. The Morgan fingerprint density at radius 3 is 2.37 bits per heavy atom. The molecule has 0 bridgehead atoms. The zero-order valence-corrected chi connectivity index (χ0v) is 15.5. The van der Waals surface area contributed by atoms with Gasteiger partial charge in [-0.2, -0.15) is 0 Å². The van der Waals surface area contributed by atoms with E-state index >= 15 is 0 Å². The third-order valence-corrected chi connectivity index (χ3v) is 4.44. The summed E-state index contributed by atoms with van der Waals surface area (Å²) in [4.78, 5) is 11.4. The highest BCUT2D eigenvalue weighted by atomic mass is 16.5. The van der Waals surface area contributed by atoms with Crippen LogP contribution < -0.4 is 10.6 Å². The van der Waals surface area contributed by atoms with Crippen LogP contribution in [0.25, 0.3) is 0 Å². The average Bonchev–Trinajstić information content (AvgIpc) is 3.13. The van der Waals surface area contributed by atoms with E-state index in [1.807, 2.05) is 67.6 Å². The highest BCUT2D eigenvalue weighted by Gasteiger charge is 2.35. The van der Waals surface area contributed by atoms with Crippen LogP contribution >= 0.6 is 0 Å². The highest BCUT2D eigenvalue weighted by Crippen LogP contribution is 2.38. The summed E-state index contributed by atoms with van der Waals surface area (Å²) in [6, 6.07) is 20.7. The molecule has 140 valence electrons. The van der Waals surface area contributed by atoms with Gasteiger partial charge in [0.15, 0.2) is 0 Å². The minimum absolute atomic E-state index is 0.0330. The molecule has 2 aromatic carbocycles. The highest BCUT2D eigenvalue weighted by molar-refractivity contribution is 5.77. The molecule has 27 heavy (non-hydrogen) atoms. The SMILES string of the molecule is CCNC(=O)C/C=C\C=C\C1NC(c2ccccc2)C(c2ccccc2)O1. The number of rotatable bonds is 7. The van der Waals surface area contributed by atoms with Crippen LogP contribution in [0.4, 0.5) is 0 Å². The van der Waals surface area contributed by atoms with E-state index in [0.29, 0.717) is 13.0 Å². The first-order valence-electron chi connectivity index (χ1n) is 9.39. The molecular weight excluding hydrogens is 336 g/mol. The number of allylic oxidation sites excluding steroid dienone is 2. The molecule has 4 heteroatoms. The van der Waals surface area contributed by atoms with Crippen molar-refractivity contribution in [3.05, 3.63) is 96.1 Å². The number of carbonyl (C=O) groups is 1. The fourth-order valence-electron chi connectivity index (χ4n) is 3.17. The Morgan fingerprint density at radius 2 is 1.70 bits per heavy atom. The molecule has 3 atom stereocenters. The fraction of sp³-hybridized carbons (Fsp3) is 0.261. The van der Waals surface area contributed by atoms with Crippen LogP contribution in [0.1, 0.15) is 36.6 Å². The minimum Gasteiger partial charge on any atom is -0.356 e. The van der Waals surface area contributed by atoms with Crippen molar-refractivity contribution in [2.45, 2.75) is 31.7 Å². The van der Waals surface area contributed by atoms with E-state index in [0.717, 1.165) is 5.56 Å². The second kappa shape index (κ2) is 9.86. The van der Waals surface area contributed by atoms with Crippen LogP contribution in [0.15, 0.2) is 85.0 Å². The maximum Gasteiger partial charge on any atom is 0.223 e. The van der Waals surface area contributed by atoms with Crippen molar-refractivity contribution in [2.75, 3.05) is 6.54 Å². The Kier molecular flexibility index (Phi) is 6.97. The summed E-state index contributed by atoms with van der Waals surface area (Å²) >= 11 is 0. The number of amides is 1. The Bertz CT molecular complexity index is 724.